The number of likely N-dealkylation sites (tertiary alicyclic amines) is 1. The van der Waals surface area contributed by atoms with Crippen molar-refractivity contribution in [1.82, 2.24) is 19.9 Å². The van der Waals surface area contributed by atoms with Gasteiger partial charge in [0.1, 0.15) is 29.2 Å². The molecular weight excluding hydrogens is 382 g/mol. The smallest absolute Gasteiger partial charge is 0.246 e. The van der Waals surface area contributed by atoms with E-state index in [1.54, 1.807) is 25.2 Å². The van der Waals surface area contributed by atoms with Gasteiger partial charge in [0.15, 0.2) is 0 Å². The zero-order chi connectivity index (χ0) is 21.1. The molecule has 8 nitrogen and oxygen atoms in total. The summed E-state index contributed by atoms with van der Waals surface area (Å²) in [4.78, 5) is 25.2. The van der Waals surface area contributed by atoms with Gasteiger partial charge in [-0.25, -0.2) is 9.97 Å². The minimum absolute atomic E-state index is 0.0596. The van der Waals surface area contributed by atoms with Crippen molar-refractivity contribution in [2.75, 3.05) is 32.6 Å². The van der Waals surface area contributed by atoms with Crippen LogP contribution in [-0.2, 0) is 4.79 Å². The standard InChI is InChI=1S/C22H21N5O3/c1-4-20(28)27-11-15(12-27)26-19-10-23-22-21(19)18(24-13-25-22)6-5-14-7-16(29-2)9-17(8-14)30-3/h4,7-10,13,15,26H,1,11-12H2,2-3H3,(H,23,24,25). The second-order valence-corrected chi connectivity index (χ2v) is 6.79. The number of nitrogens with one attached hydrogen (secondary N) is 2. The van der Waals surface area contributed by atoms with Crippen LogP contribution in [0.25, 0.3) is 11.0 Å². The SMILES string of the molecule is C=CC(=O)N1CC(Nc2c[nH]c3ncnc(C#Cc4cc(OC)cc(OC)c4)c23)C1. The second kappa shape index (κ2) is 8.17. The third-order valence-electron chi connectivity index (χ3n) is 4.87. The predicted molar refractivity (Wildman–Crippen MR) is 114 cm³/mol. The van der Waals surface area contributed by atoms with Gasteiger partial charge in [0.25, 0.3) is 0 Å². The van der Waals surface area contributed by atoms with Gasteiger partial charge in [0, 0.05) is 30.9 Å². The largest absolute Gasteiger partial charge is 0.497 e. The highest BCUT2D eigenvalue weighted by atomic mass is 16.5. The number of anilines is 1. The third kappa shape index (κ3) is 3.78. The monoisotopic (exact) mass is 403 g/mol. The molecule has 1 saturated heterocycles. The minimum Gasteiger partial charge on any atom is -0.497 e. The van der Waals surface area contributed by atoms with Crippen molar-refractivity contribution in [3.63, 3.8) is 0 Å². The first-order valence-corrected chi connectivity index (χ1v) is 9.36. The molecule has 0 spiro atoms. The maximum atomic E-state index is 11.6. The lowest BCUT2D eigenvalue weighted by Crippen LogP contribution is -2.56. The van der Waals surface area contributed by atoms with Gasteiger partial charge in [0.05, 0.1) is 31.3 Å². The number of amides is 1. The number of rotatable bonds is 5. The Labute approximate surface area is 173 Å². The molecule has 3 heterocycles. The lowest BCUT2D eigenvalue weighted by molar-refractivity contribution is -0.129. The summed E-state index contributed by atoms with van der Waals surface area (Å²) in [7, 11) is 3.20. The van der Waals surface area contributed by atoms with Crippen molar-refractivity contribution in [3.8, 4) is 23.3 Å². The number of ether oxygens (including phenoxy) is 2. The number of aromatic nitrogens is 3. The van der Waals surface area contributed by atoms with Crippen LogP contribution in [0.4, 0.5) is 5.69 Å². The van der Waals surface area contributed by atoms with Gasteiger partial charge in [-0.15, -0.1) is 0 Å². The van der Waals surface area contributed by atoms with Crippen molar-refractivity contribution in [2.24, 2.45) is 0 Å². The number of methoxy groups -OCH3 is 2. The Bertz CT molecular complexity index is 1150. The first-order chi connectivity index (χ1) is 14.6. The van der Waals surface area contributed by atoms with Gasteiger partial charge >= 0.3 is 0 Å². The lowest BCUT2D eigenvalue weighted by atomic mass is 10.1. The molecule has 0 aliphatic carbocycles. The van der Waals surface area contributed by atoms with Crippen molar-refractivity contribution in [2.45, 2.75) is 6.04 Å². The Morgan fingerprint density at radius 1 is 1.23 bits per heavy atom. The summed E-state index contributed by atoms with van der Waals surface area (Å²) in [6, 6.07) is 5.62. The molecular formula is C22H21N5O3. The van der Waals surface area contributed by atoms with E-state index < -0.39 is 0 Å². The molecule has 2 aromatic heterocycles. The van der Waals surface area contributed by atoms with E-state index in [2.05, 4.69) is 38.7 Å². The Balaban J connectivity index is 1.61. The van der Waals surface area contributed by atoms with E-state index in [0.29, 0.717) is 35.9 Å². The zero-order valence-electron chi connectivity index (χ0n) is 16.7. The highest BCUT2D eigenvalue weighted by molar-refractivity contribution is 5.94. The molecule has 0 bridgehead atoms. The average Bonchev–Trinajstić information content (AvgIpc) is 3.17. The summed E-state index contributed by atoms with van der Waals surface area (Å²) < 4.78 is 10.6. The molecule has 3 aromatic rings. The molecule has 1 fully saturated rings. The molecule has 1 amide bonds. The summed E-state index contributed by atoms with van der Waals surface area (Å²) >= 11 is 0. The Hall–Kier alpha value is -3.99. The van der Waals surface area contributed by atoms with E-state index in [-0.39, 0.29) is 11.9 Å². The number of H-pyrrole nitrogens is 1. The van der Waals surface area contributed by atoms with Crippen LogP contribution in [0.15, 0.2) is 43.4 Å². The van der Waals surface area contributed by atoms with Gasteiger partial charge in [-0.05, 0) is 24.1 Å². The number of benzene rings is 1. The Kier molecular flexibility index (Phi) is 5.26. The van der Waals surface area contributed by atoms with Gasteiger partial charge in [-0.3, -0.25) is 4.79 Å². The molecule has 1 aromatic carbocycles. The van der Waals surface area contributed by atoms with E-state index in [1.807, 2.05) is 18.3 Å². The zero-order valence-corrected chi connectivity index (χ0v) is 16.7. The highest BCUT2D eigenvalue weighted by Gasteiger charge is 2.29. The number of hydrogen-bond acceptors (Lipinski definition) is 6. The molecule has 1 aliphatic heterocycles. The van der Waals surface area contributed by atoms with Crippen molar-refractivity contribution >= 4 is 22.6 Å². The summed E-state index contributed by atoms with van der Waals surface area (Å²) in [5.41, 5.74) is 2.90. The van der Waals surface area contributed by atoms with Crippen LogP contribution in [0.3, 0.4) is 0 Å². The molecule has 1 aliphatic rings. The molecule has 0 unspecified atom stereocenters. The van der Waals surface area contributed by atoms with Crippen LogP contribution in [0.1, 0.15) is 11.3 Å². The van der Waals surface area contributed by atoms with Crippen molar-refractivity contribution < 1.29 is 14.3 Å². The molecule has 0 saturated carbocycles. The van der Waals surface area contributed by atoms with Crippen LogP contribution in [0.5, 0.6) is 11.5 Å². The minimum atomic E-state index is -0.0596. The fourth-order valence-corrected chi connectivity index (χ4v) is 3.28. The fraction of sp³-hybridized carbons (Fsp3) is 0.227. The number of carbonyl (C=O) groups excluding carboxylic acids is 1. The number of carbonyl (C=O) groups is 1. The quantitative estimate of drug-likeness (QED) is 0.501. The average molecular weight is 403 g/mol. The summed E-state index contributed by atoms with van der Waals surface area (Å²) in [6.45, 7) is 4.76. The van der Waals surface area contributed by atoms with Crippen LogP contribution >= 0.6 is 0 Å². The highest BCUT2D eigenvalue weighted by Crippen LogP contribution is 2.26. The van der Waals surface area contributed by atoms with E-state index in [4.69, 9.17) is 9.47 Å². The fourth-order valence-electron chi connectivity index (χ4n) is 3.28. The van der Waals surface area contributed by atoms with Crippen LogP contribution in [0, 0.1) is 11.8 Å². The normalized spacial score (nSPS) is 13.2. The Morgan fingerprint density at radius 2 is 1.97 bits per heavy atom. The van der Waals surface area contributed by atoms with E-state index in [9.17, 15) is 4.79 Å². The molecule has 2 N–H and O–H groups in total. The lowest BCUT2D eigenvalue weighted by Gasteiger charge is -2.39. The third-order valence-corrected chi connectivity index (χ3v) is 4.87. The maximum absolute atomic E-state index is 11.6. The van der Waals surface area contributed by atoms with Crippen LogP contribution in [-0.4, -0.2) is 59.1 Å². The molecule has 8 heteroatoms. The Morgan fingerprint density at radius 3 is 2.63 bits per heavy atom. The summed E-state index contributed by atoms with van der Waals surface area (Å²) in [5.74, 6) is 7.53. The number of hydrogen-bond donors (Lipinski definition) is 2. The molecule has 152 valence electrons. The van der Waals surface area contributed by atoms with Gasteiger partial charge < -0.3 is 24.7 Å². The summed E-state index contributed by atoms with van der Waals surface area (Å²) in [5, 5.41) is 4.25. The maximum Gasteiger partial charge on any atom is 0.246 e. The van der Waals surface area contributed by atoms with Gasteiger partial charge in [-0.1, -0.05) is 12.5 Å². The first-order valence-electron chi connectivity index (χ1n) is 9.36. The number of aromatic amines is 1. The van der Waals surface area contributed by atoms with Crippen molar-refractivity contribution in [1.29, 1.82) is 0 Å². The molecule has 30 heavy (non-hydrogen) atoms. The molecule has 4 rings (SSSR count). The first kappa shape index (κ1) is 19.3. The molecule has 0 radical (unpaired) electrons. The molecule has 0 atom stereocenters. The number of fused-ring (bicyclic) bond motifs is 1. The second-order valence-electron chi connectivity index (χ2n) is 6.79. The van der Waals surface area contributed by atoms with Gasteiger partial charge in [-0.2, -0.15) is 0 Å². The van der Waals surface area contributed by atoms with Crippen LogP contribution < -0.4 is 14.8 Å². The van der Waals surface area contributed by atoms with E-state index >= 15 is 0 Å². The topological polar surface area (TPSA) is 92.4 Å². The van der Waals surface area contributed by atoms with Crippen molar-refractivity contribution in [3.05, 3.63) is 54.6 Å². The number of nitrogens with zero attached hydrogens (tertiary/aromatic N) is 3. The van der Waals surface area contributed by atoms with Crippen LogP contribution in [0.2, 0.25) is 0 Å². The van der Waals surface area contributed by atoms with Gasteiger partial charge in [0.2, 0.25) is 5.91 Å². The van der Waals surface area contributed by atoms with E-state index in [0.717, 1.165) is 16.6 Å². The summed E-state index contributed by atoms with van der Waals surface area (Å²) in [6.07, 6.45) is 4.65. The predicted octanol–water partition coefficient (Wildman–Crippen LogP) is 2.18. The van der Waals surface area contributed by atoms with E-state index in [1.165, 1.54) is 12.4 Å².